The topological polar surface area (TPSA) is 59.3 Å². The van der Waals surface area contributed by atoms with Crippen molar-refractivity contribution >= 4 is 5.97 Å². The van der Waals surface area contributed by atoms with Crippen molar-refractivity contribution in [1.29, 1.82) is 5.26 Å². The van der Waals surface area contributed by atoms with Crippen molar-refractivity contribution in [1.82, 2.24) is 0 Å². The van der Waals surface area contributed by atoms with Crippen LogP contribution in [0.3, 0.4) is 0 Å². The Labute approximate surface area is 84.8 Å². The standard InChI is InChI=1S/C10H6FNO3/c1-14-9-6(11)3-2-5-7(4-12)15-10(13)8(5)9/h2-3,7H,1H3. The predicted molar refractivity (Wildman–Crippen MR) is 46.7 cm³/mol. The fourth-order valence-electron chi connectivity index (χ4n) is 1.53. The molecule has 1 aromatic carbocycles. The van der Waals surface area contributed by atoms with Crippen LogP contribution in [-0.2, 0) is 4.74 Å². The Morgan fingerprint density at radius 1 is 1.60 bits per heavy atom. The highest BCUT2D eigenvalue weighted by Crippen LogP contribution is 2.37. The molecule has 0 bridgehead atoms. The number of hydrogen-bond acceptors (Lipinski definition) is 4. The van der Waals surface area contributed by atoms with Crippen LogP contribution in [0.4, 0.5) is 4.39 Å². The van der Waals surface area contributed by atoms with Gasteiger partial charge in [0.2, 0.25) is 6.10 Å². The van der Waals surface area contributed by atoms with Gasteiger partial charge in [-0.2, -0.15) is 5.26 Å². The number of carbonyl (C=O) groups excluding carboxylic acids is 1. The molecule has 0 saturated carbocycles. The number of methoxy groups -OCH3 is 1. The zero-order valence-corrected chi connectivity index (χ0v) is 7.78. The number of carbonyl (C=O) groups is 1. The maximum Gasteiger partial charge on any atom is 0.344 e. The van der Waals surface area contributed by atoms with Gasteiger partial charge < -0.3 is 9.47 Å². The Hall–Kier alpha value is -2.09. The fourth-order valence-corrected chi connectivity index (χ4v) is 1.53. The van der Waals surface area contributed by atoms with Crippen molar-refractivity contribution in [3.8, 4) is 11.8 Å². The number of hydrogen-bond donors (Lipinski definition) is 0. The van der Waals surface area contributed by atoms with Crippen LogP contribution in [0.15, 0.2) is 12.1 Å². The van der Waals surface area contributed by atoms with Crippen molar-refractivity contribution < 1.29 is 18.7 Å². The molecule has 0 N–H and O–H groups in total. The number of fused-ring (bicyclic) bond motifs is 1. The van der Waals surface area contributed by atoms with Crippen molar-refractivity contribution in [3.63, 3.8) is 0 Å². The van der Waals surface area contributed by atoms with Gasteiger partial charge >= 0.3 is 5.97 Å². The fraction of sp³-hybridized carbons (Fsp3) is 0.200. The monoisotopic (exact) mass is 207 g/mol. The van der Waals surface area contributed by atoms with Crippen molar-refractivity contribution in [2.45, 2.75) is 6.10 Å². The molecule has 1 unspecified atom stereocenters. The maximum atomic E-state index is 13.2. The Bertz CT molecular complexity index is 478. The van der Waals surface area contributed by atoms with Crippen LogP contribution in [-0.4, -0.2) is 13.1 Å². The van der Waals surface area contributed by atoms with Gasteiger partial charge in [0.05, 0.1) is 7.11 Å². The molecule has 1 atom stereocenters. The molecule has 0 aromatic heterocycles. The van der Waals surface area contributed by atoms with E-state index in [0.29, 0.717) is 5.56 Å². The van der Waals surface area contributed by atoms with Crippen LogP contribution in [0.2, 0.25) is 0 Å². The second-order valence-electron chi connectivity index (χ2n) is 2.96. The molecule has 76 valence electrons. The van der Waals surface area contributed by atoms with E-state index >= 15 is 0 Å². The van der Waals surface area contributed by atoms with Gasteiger partial charge in [0, 0.05) is 5.56 Å². The summed E-state index contributed by atoms with van der Waals surface area (Å²) in [5.74, 6) is -1.55. The first-order valence-corrected chi connectivity index (χ1v) is 4.16. The molecule has 0 amide bonds. The number of halogens is 1. The van der Waals surface area contributed by atoms with Crippen LogP contribution in [0.1, 0.15) is 22.0 Å². The van der Waals surface area contributed by atoms with E-state index in [9.17, 15) is 9.18 Å². The Morgan fingerprint density at radius 3 is 2.93 bits per heavy atom. The summed E-state index contributed by atoms with van der Waals surface area (Å²) in [6, 6.07) is 4.30. The van der Waals surface area contributed by atoms with Crippen molar-refractivity contribution in [2.75, 3.05) is 7.11 Å². The van der Waals surface area contributed by atoms with Crippen molar-refractivity contribution in [2.24, 2.45) is 0 Å². The minimum Gasteiger partial charge on any atom is -0.493 e. The van der Waals surface area contributed by atoms with E-state index in [2.05, 4.69) is 0 Å². The normalized spacial score (nSPS) is 17.9. The summed E-state index contributed by atoms with van der Waals surface area (Å²) in [7, 11) is 1.26. The number of esters is 1. The minimum atomic E-state index is -0.970. The lowest BCUT2D eigenvalue weighted by Gasteiger charge is -2.04. The zero-order valence-electron chi connectivity index (χ0n) is 7.78. The molecule has 0 saturated heterocycles. The zero-order chi connectivity index (χ0) is 11.0. The summed E-state index contributed by atoms with van der Waals surface area (Å²) >= 11 is 0. The van der Waals surface area contributed by atoms with Gasteiger partial charge in [-0.3, -0.25) is 0 Å². The van der Waals surface area contributed by atoms with Gasteiger partial charge in [-0.1, -0.05) is 6.07 Å². The van der Waals surface area contributed by atoms with Crippen LogP contribution < -0.4 is 4.74 Å². The maximum absolute atomic E-state index is 13.2. The molecule has 0 spiro atoms. The van der Waals surface area contributed by atoms with E-state index in [0.717, 1.165) is 6.07 Å². The second kappa shape index (κ2) is 3.24. The lowest BCUT2D eigenvalue weighted by atomic mass is 10.0. The number of benzene rings is 1. The van der Waals surface area contributed by atoms with E-state index in [4.69, 9.17) is 14.7 Å². The molecule has 1 aromatic rings. The van der Waals surface area contributed by atoms with Crippen LogP contribution >= 0.6 is 0 Å². The first-order valence-electron chi connectivity index (χ1n) is 4.16. The van der Waals surface area contributed by atoms with Crippen LogP contribution in [0, 0.1) is 17.1 Å². The average Bonchev–Trinajstić information content (AvgIpc) is 2.56. The van der Waals surface area contributed by atoms with E-state index < -0.39 is 17.9 Å². The summed E-state index contributed by atoms with van der Waals surface area (Å²) in [5, 5.41) is 8.70. The largest absolute Gasteiger partial charge is 0.493 e. The van der Waals surface area contributed by atoms with E-state index in [-0.39, 0.29) is 11.3 Å². The van der Waals surface area contributed by atoms with Gasteiger partial charge in [-0.25, -0.2) is 9.18 Å². The second-order valence-corrected chi connectivity index (χ2v) is 2.96. The Balaban J connectivity index is 2.68. The number of nitriles is 1. The number of ether oxygens (including phenoxy) is 2. The minimum absolute atomic E-state index is 0.00375. The summed E-state index contributed by atoms with van der Waals surface area (Å²) in [6.45, 7) is 0. The lowest BCUT2D eigenvalue weighted by molar-refractivity contribution is 0.0475. The molecule has 0 fully saturated rings. The highest BCUT2D eigenvalue weighted by Gasteiger charge is 2.35. The summed E-state index contributed by atoms with van der Waals surface area (Å²) in [4.78, 5) is 11.3. The highest BCUT2D eigenvalue weighted by molar-refractivity contribution is 5.97. The smallest absolute Gasteiger partial charge is 0.344 e. The average molecular weight is 207 g/mol. The molecule has 1 aliphatic heterocycles. The van der Waals surface area contributed by atoms with Crippen LogP contribution in [0.25, 0.3) is 0 Å². The van der Waals surface area contributed by atoms with Gasteiger partial charge in [-0.05, 0) is 6.07 Å². The third-order valence-electron chi connectivity index (χ3n) is 2.17. The molecule has 4 nitrogen and oxygen atoms in total. The highest BCUT2D eigenvalue weighted by atomic mass is 19.1. The molecule has 0 aliphatic carbocycles. The lowest BCUT2D eigenvalue weighted by Crippen LogP contribution is -2.00. The van der Waals surface area contributed by atoms with Crippen LogP contribution in [0.5, 0.6) is 5.75 Å². The SMILES string of the molecule is COc1c(F)ccc2c1C(=O)OC2C#N. The molecular formula is C10H6FNO3. The quantitative estimate of drug-likeness (QED) is 0.656. The third kappa shape index (κ3) is 1.22. The Kier molecular flexibility index (Phi) is 2.05. The first kappa shape index (κ1) is 9.46. The van der Waals surface area contributed by atoms with E-state index in [1.54, 1.807) is 6.07 Å². The molecule has 1 aliphatic rings. The molecule has 1 heterocycles. The van der Waals surface area contributed by atoms with Gasteiger partial charge in [-0.15, -0.1) is 0 Å². The number of cyclic esters (lactones) is 1. The van der Waals surface area contributed by atoms with E-state index in [1.807, 2.05) is 0 Å². The number of nitrogens with zero attached hydrogens (tertiary/aromatic N) is 1. The molecule has 15 heavy (non-hydrogen) atoms. The summed E-state index contributed by atoms with van der Waals surface area (Å²) in [6.07, 6.45) is -0.970. The van der Waals surface area contributed by atoms with Gasteiger partial charge in [0.25, 0.3) is 0 Å². The summed E-state index contributed by atoms with van der Waals surface area (Å²) < 4.78 is 22.7. The predicted octanol–water partition coefficient (Wildman–Crippen LogP) is 1.57. The molecule has 5 heteroatoms. The van der Waals surface area contributed by atoms with Crippen molar-refractivity contribution in [3.05, 3.63) is 29.1 Å². The molecule has 2 rings (SSSR count). The number of rotatable bonds is 1. The first-order chi connectivity index (χ1) is 7.19. The van der Waals surface area contributed by atoms with Gasteiger partial charge in [0.1, 0.15) is 11.6 Å². The van der Waals surface area contributed by atoms with E-state index in [1.165, 1.54) is 13.2 Å². The van der Waals surface area contributed by atoms with Gasteiger partial charge in [0.15, 0.2) is 11.6 Å². The third-order valence-corrected chi connectivity index (χ3v) is 2.17. The summed E-state index contributed by atoms with van der Waals surface area (Å²) in [5.41, 5.74) is 0.352. The Morgan fingerprint density at radius 2 is 2.33 bits per heavy atom. The molecule has 0 radical (unpaired) electrons. The molecular weight excluding hydrogens is 201 g/mol.